The molecule has 4 aromatic rings. The summed E-state index contributed by atoms with van der Waals surface area (Å²) in [5.74, 6) is 0.377. The van der Waals surface area contributed by atoms with Crippen molar-refractivity contribution in [3.63, 3.8) is 0 Å². The maximum atomic E-state index is 13.2. The minimum atomic E-state index is -0.292. The van der Waals surface area contributed by atoms with Gasteiger partial charge in [-0.2, -0.15) is 0 Å². The summed E-state index contributed by atoms with van der Waals surface area (Å²) in [5.41, 5.74) is 2.74. The van der Waals surface area contributed by atoms with Crippen LogP contribution in [0.1, 0.15) is 16.7 Å². The van der Waals surface area contributed by atoms with E-state index in [0.29, 0.717) is 17.3 Å². The third-order valence-electron chi connectivity index (χ3n) is 5.57. The number of imide groups is 1. The van der Waals surface area contributed by atoms with Crippen molar-refractivity contribution < 1.29 is 14.3 Å². The molecule has 0 bridgehead atoms. The summed E-state index contributed by atoms with van der Waals surface area (Å²) in [6.45, 7) is 0.646. The van der Waals surface area contributed by atoms with Crippen LogP contribution in [0.15, 0.2) is 100 Å². The second-order valence-electron chi connectivity index (χ2n) is 7.87. The van der Waals surface area contributed by atoms with Crippen molar-refractivity contribution in [2.45, 2.75) is 13.2 Å². The Morgan fingerprint density at radius 1 is 0.824 bits per heavy atom. The fourth-order valence-corrected chi connectivity index (χ4v) is 4.91. The van der Waals surface area contributed by atoms with Crippen molar-refractivity contribution in [1.82, 2.24) is 4.90 Å². The van der Waals surface area contributed by atoms with Gasteiger partial charge in [-0.25, -0.2) is 0 Å². The number of nitrogens with zero attached hydrogens (tertiary/aromatic N) is 1. The highest BCUT2D eigenvalue weighted by Gasteiger charge is 2.35. The lowest BCUT2D eigenvalue weighted by atomic mass is 10.0. The number of fused-ring (bicyclic) bond motifs is 1. The molecule has 0 aliphatic carbocycles. The Labute approximate surface area is 210 Å². The summed E-state index contributed by atoms with van der Waals surface area (Å²) in [4.78, 5) is 27.6. The van der Waals surface area contributed by atoms with Crippen LogP contribution in [-0.4, -0.2) is 16.0 Å². The van der Waals surface area contributed by atoms with Gasteiger partial charge >= 0.3 is 0 Å². The number of amides is 2. The summed E-state index contributed by atoms with van der Waals surface area (Å²) in [7, 11) is 0. The first-order valence-corrected chi connectivity index (χ1v) is 12.4. The fraction of sp³-hybridized carbons (Fsp3) is 0.0714. The lowest BCUT2D eigenvalue weighted by molar-refractivity contribution is -0.123. The van der Waals surface area contributed by atoms with E-state index in [0.717, 1.165) is 43.7 Å². The van der Waals surface area contributed by atoms with E-state index in [1.807, 2.05) is 91.0 Å². The molecule has 2 amide bonds. The fourth-order valence-electron chi connectivity index (χ4n) is 3.83. The van der Waals surface area contributed by atoms with Crippen molar-refractivity contribution in [3.05, 3.63) is 117 Å². The van der Waals surface area contributed by atoms with Gasteiger partial charge in [0.05, 0.1) is 11.4 Å². The predicted octanol–water partition coefficient (Wildman–Crippen LogP) is 7.42. The number of carbonyl (C=O) groups is 2. The average Bonchev–Trinajstić information content (AvgIpc) is 3.12. The summed E-state index contributed by atoms with van der Waals surface area (Å²) < 4.78 is 7.12. The van der Waals surface area contributed by atoms with E-state index in [2.05, 4.69) is 15.9 Å². The minimum Gasteiger partial charge on any atom is -0.488 e. The molecule has 5 rings (SSSR count). The highest BCUT2D eigenvalue weighted by molar-refractivity contribution is 9.10. The molecule has 4 aromatic carbocycles. The van der Waals surface area contributed by atoms with E-state index in [1.165, 1.54) is 4.90 Å². The second kappa shape index (κ2) is 9.87. The normalized spacial score (nSPS) is 14.9. The molecular formula is C28H20BrNO3S. The Morgan fingerprint density at radius 2 is 1.56 bits per heavy atom. The first-order chi connectivity index (χ1) is 16.6. The largest absolute Gasteiger partial charge is 0.488 e. The van der Waals surface area contributed by atoms with Crippen LogP contribution in [0.5, 0.6) is 5.75 Å². The van der Waals surface area contributed by atoms with Crippen molar-refractivity contribution in [3.8, 4) is 5.75 Å². The highest BCUT2D eigenvalue weighted by Crippen LogP contribution is 2.37. The van der Waals surface area contributed by atoms with Crippen LogP contribution >= 0.6 is 27.7 Å². The molecule has 0 radical (unpaired) electrons. The van der Waals surface area contributed by atoms with Gasteiger partial charge in [0.2, 0.25) is 0 Å². The van der Waals surface area contributed by atoms with E-state index >= 15 is 0 Å². The summed E-state index contributed by atoms with van der Waals surface area (Å²) in [6, 6.07) is 29.4. The van der Waals surface area contributed by atoms with E-state index < -0.39 is 0 Å². The van der Waals surface area contributed by atoms with Crippen LogP contribution in [0, 0.1) is 0 Å². The van der Waals surface area contributed by atoms with Crippen molar-refractivity contribution in [2.75, 3.05) is 0 Å². The van der Waals surface area contributed by atoms with E-state index in [9.17, 15) is 9.59 Å². The van der Waals surface area contributed by atoms with Gasteiger partial charge in [0, 0.05) is 10.0 Å². The number of carbonyl (C=O) groups excluding carboxylic acids is 2. The Morgan fingerprint density at radius 3 is 2.35 bits per heavy atom. The van der Waals surface area contributed by atoms with Gasteiger partial charge in [-0.05, 0) is 57.9 Å². The molecule has 4 nitrogen and oxygen atoms in total. The summed E-state index contributed by atoms with van der Waals surface area (Å²) >= 11 is 4.37. The van der Waals surface area contributed by atoms with Crippen LogP contribution in [0.4, 0.5) is 4.79 Å². The topological polar surface area (TPSA) is 46.6 Å². The minimum absolute atomic E-state index is 0.238. The Balaban J connectivity index is 1.47. The zero-order chi connectivity index (χ0) is 23.5. The summed E-state index contributed by atoms with van der Waals surface area (Å²) in [5, 5.41) is 1.73. The van der Waals surface area contributed by atoms with Gasteiger partial charge in [-0.15, -0.1) is 0 Å². The molecule has 6 heteroatoms. The maximum Gasteiger partial charge on any atom is 0.293 e. The van der Waals surface area contributed by atoms with Crippen molar-refractivity contribution in [2.24, 2.45) is 0 Å². The molecule has 0 saturated carbocycles. The monoisotopic (exact) mass is 529 g/mol. The lowest BCUT2D eigenvalue weighted by Crippen LogP contribution is -2.27. The Bertz CT molecular complexity index is 1400. The number of thioether (sulfide) groups is 1. The molecule has 1 fully saturated rings. The molecule has 0 unspecified atom stereocenters. The standard InChI is InChI=1S/C28H20BrNO3S/c29-22-13-10-19(11-14-22)17-30-27(31)26(34-28(30)32)16-24-23-9-5-4-8-21(23)12-15-25(24)33-18-20-6-2-1-3-7-20/h1-16H,17-18H2/b26-16-. The van der Waals surface area contributed by atoms with Crippen LogP contribution in [0.3, 0.4) is 0 Å². The van der Waals surface area contributed by atoms with Crippen LogP contribution in [0.2, 0.25) is 0 Å². The number of ether oxygens (including phenoxy) is 1. The van der Waals surface area contributed by atoms with Crippen LogP contribution < -0.4 is 4.74 Å². The van der Waals surface area contributed by atoms with Crippen LogP contribution in [-0.2, 0) is 17.9 Å². The Hall–Kier alpha value is -3.35. The molecule has 0 atom stereocenters. The molecule has 0 aromatic heterocycles. The lowest BCUT2D eigenvalue weighted by Gasteiger charge is -2.13. The third kappa shape index (κ3) is 4.79. The number of rotatable bonds is 6. The molecule has 34 heavy (non-hydrogen) atoms. The van der Waals surface area contributed by atoms with E-state index in [1.54, 1.807) is 6.08 Å². The smallest absolute Gasteiger partial charge is 0.293 e. The first-order valence-electron chi connectivity index (χ1n) is 10.8. The zero-order valence-corrected chi connectivity index (χ0v) is 20.5. The number of halogens is 1. The van der Waals surface area contributed by atoms with E-state index in [-0.39, 0.29) is 17.7 Å². The second-order valence-corrected chi connectivity index (χ2v) is 9.78. The molecule has 0 spiro atoms. The number of hydrogen-bond donors (Lipinski definition) is 0. The number of benzene rings is 4. The molecule has 168 valence electrons. The quantitative estimate of drug-likeness (QED) is 0.244. The first kappa shape index (κ1) is 22.4. The van der Waals surface area contributed by atoms with Gasteiger partial charge in [0.15, 0.2) is 0 Å². The van der Waals surface area contributed by atoms with Gasteiger partial charge in [0.25, 0.3) is 11.1 Å². The van der Waals surface area contributed by atoms with Crippen LogP contribution in [0.25, 0.3) is 16.8 Å². The zero-order valence-electron chi connectivity index (χ0n) is 18.1. The number of hydrogen-bond acceptors (Lipinski definition) is 4. The SMILES string of the molecule is O=C1S/C(=C\c2c(OCc3ccccc3)ccc3ccccc23)C(=O)N1Cc1ccc(Br)cc1. The Kier molecular flexibility index (Phi) is 6.52. The third-order valence-corrected chi connectivity index (χ3v) is 7.01. The van der Waals surface area contributed by atoms with Crippen molar-refractivity contribution in [1.29, 1.82) is 0 Å². The predicted molar refractivity (Wildman–Crippen MR) is 140 cm³/mol. The van der Waals surface area contributed by atoms with Gasteiger partial charge in [-0.3, -0.25) is 14.5 Å². The molecule has 1 heterocycles. The van der Waals surface area contributed by atoms with Gasteiger partial charge in [-0.1, -0.05) is 88.7 Å². The summed E-state index contributed by atoms with van der Waals surface area (Å²) in [6.07, 6.45) is 1.79. The molecular weight excluding hydrogens is 510 g/mol. The van der Waals surface area contributed by atoms with E-state index in [4.69, 9.17) is 4.74 Å². The molecule has 1 saturated heterocycles. The molecule has 1 aliphatic rings. The molecule has 0 N–H and O–H groups in total. The van der Waals surface area contributed by atoms with Gasteiger partial charge < -0.3 is 4.74 Å². The maximum absolute atomic E-state index is 13.2. The van der Waals surface area contributed by atoms with Crippen molar-refractivity contribution >= 4 is 55.7 Å². The van der Waals surface area contributed by atoms with Gasteiger partial charge in [0.1, 0.15) is 12.4 Å². The highest BCUT2D eigenvalue weighted by atomic mass is 79.9. The molecule has 1 aliphatic heterocycles. The average molecular weight is 530 g/mol.